The van der Waals surface area contributed by atoms with Gasteiger partial charge in [0.2, 0.25) is 5.91 Å². The molecule has 19 heavy (non-hydrogen) atoms. The predicted molar refractivity (Wildman–Crippen MR) is 78.7 cm³/mol. The van der Waals surface area contributed by atoms with E-state index in [2.05, 4.69) is 39.0 Å². The van der Waals surface area contributed by atoms with Crippen molar-refractivity contribution in [2.24, 2.45) is 0 Å². The number of hydrogen-bond donors (Lipinski definition) is 1. The van der Waals surface area contributed by atoms with Crippen LogP contribution < -0.4 is 26.8 Å². The van der Waals surface area contributed by atoms with E-state index in [4.69, 9.17) is 0 Å². The molecule has 0 atom stereocenters. The van der Waals surface area contributed by atoms with Gasteiger partial charge in [0.05, 0.1) is 20.6 Å². The summed E-state index contributed by atoms with van der Waals surface area (Å²) in [6.45, 7) is 6.72. The largest absolute Gasteiger partial charge is 1.00 e. The highest BCUT2D eigenvalue weighted by atomic mass is 79.9. The smallest absolute Gasteiger partial charge is 0.247 e. The number of unbranched alkanes of at least 4 members (excludes halogenated alkanes) is 1. The van der Waals surface area contributed by atoms with Crippen molar-refractivity contribution in [3.8, 4) is 0 Å². The Hall–Kier alpha value is -1.13. The molecule has 1 aromatic carbocycles. The Morgan fingerprint density at radius 2 is 2.00 bits per heavy atom. The van der Waals surface area contributed by atoms with Gasteiger partial charge in [-0.25, -0.2) is 0 Å². The lowest BCUT2D eigenvalue weighted by molar-refractivity contribution is -0.111. The van der Waals surface area contributed by atoms with Crippen LogP contribution in [0.4, 0.5) is 11.4 Å². The Morgan fingerprint density at radius 3 is 2.58 bits per heavy atom. The average Bonchev–Trinajstić information content (AvgIpc) is 2.36. The number of anilines is 1. The zero-order valence-corrected chi connectivity index (χ0v) is 13.5. The summed E-state index contributed by atoms with van der Waals surface area (Å²) in [5.74, 6) is -0.169. The molecule has 0 heterocycles. The van der Waals surface area contributed by atoms with Gasteiger partial charge >= 0.3 is 0 Å². The maximum absolute atomic E-state index is 11.4. The maximum Gasteiger partial charge on any atom is 0.247 e. The van der Waals surface area contributed by atoms with Gasteiger partial charge in [0.1, 0.15) is 5.69 Å². The summed E-state index contributed by atoms with van der Waals surface area (Å²) in [5.41, 5.74) is 1.99. The van der Waals surface area contributed by atoms with Crippen molar-refractivity contribution in [2.45, 2.75) is 19.8 Å². The molecule has 0 saturated heterocycles. The lowest BCUT2D eigenvalue weighted by Crippen LogP contribution is -3.00. The number of nitrogens with zero attached hydrogens (tertiary/aromatic N) is 1. The van der Waals surface area contributed by atoms with E-state index < -0.39 is 0 Å². The number of rotatable bonds is 6. The summed E-state index contributed by atoms with van der Waals surface area (Å²) in [5, 5.41) is 2.87. The zero-order valence-electron chi connectivity index (χ0n) is 11.9. The van der Waals surface area contributed by atoms with Crippen LogP contribution in [0, 0.1) is 0 Å². The Bertz CT molecular complexity index is 430. The van der Waals surface area contributed by atoms with Gasteiger partial charge in [-0.15, -0.1) is 0 Å². The molecule has 0 aromatic heterocycles. The van der Waals surface area contributed by atoms with E-state index >= 15 is 0 Å². The van der Waals surface area contributed by atoms with E-state index in [0.29, 0.717) is 0 Å². The summed E-state index contributed by atoms with van der Waals surface area (Å²) < 4.78 is 0.765. The van der Waals surface area contributed by atoms with E-state index in [-0.39, 0.29) is 22.9 Å². The maximum atomic E-state index is 11.4. The first-order chi connectivity index (χ1) is 8.51. The molecule has 0 unspecified atom stereocenters. The van der Waals surface area contributed by atoms with Crippen molar-refractivity contribution in [1.82, 2.24) is 4.48 Å². The molecule has 0 aliphatic rings. The molecule has 1 aromatic rings. The van der Waals surface area contributed by atoms with Gasteiger partial charge in [0, 0.05) is 6.07 Å². The van der Waals surface area contributed by atoms with Gasteiger partial charge in [-0.1, -0.05) is 32.1 Å². The van der Waals surface area contributed by atoms with E-state index in [1.165, 1.54) is 12.5 Å². The van der Waals surface area contributed by atoms with Gasteiger partial charge in [0.15, 0.2) is 5.69 Å². The molecule has 0 aliphatic heterocycles. The van der Waals surface area contributed by atoms with Gasteiger partial charge in [-0.05, 0) is 18.6 Å². The fraction of sp³-hybridized carbons (Fsp3) is 0.400. The lowest BCUT2D eigenvalue weighted by Gasteiger charge is -2.31. The standard InChI is InChI=1S/C15H22N2O.BrH/c1-5-7-12-17(3,4)14-11-9-8-10-13(14)16-15(18)6-2;/h6,8-11H,2,5,7,12H2,1,3-4H3;1H. The number of hydrogen-bond acceptors (Lipinski definition) is 1. The normalized spacial score (nSPS) is 10.5. The average molecular weight is 327 g/mol. The number of quaternary nitrogens is 1. The van der Waals surface area contributed by atoms with Crippen LogP contribution in [-0.2, 0) is 4.79 Å². The topological polar surface area (TPSA) is 29.1 Å². The van der Waals surface area contributed by atoms with Crippen molar-refractivity contribution in [3.63, 3.8) is 0 Å². The van der Waals surface area contributed by atoms with Crippen LogP contribution in [0.1, 0.15) is 19.8 Å². The van der Waals surface area contributed by atoms with Crippen LogP contribution >= 0.6 is 0 Å². The molecule has 0 fully saturated rings. The van der Waals surface area contributed by atoms with Crippen LogP contribution in [0.3, 0.4) is 0 Å². The highest BCUT2D eigenvalue weighted by Gasteiger charge is 2.22. The van der Waals surface area contributed by atoms with Gasteiger partial charge in [0.25, 0.3) is 0 Å². The van der Waals surface area contributed by atoms with Crippen LogP contribution in [0.5, 0.6) is 0 Å². The van der Waals surface area contributed by atoms with Gasteiger partial charge in [-0.3, -0.25) is 9.28 Å². The monoisotopic (exact) mass is 326 g/mol. The number of nitrogens with one attached hydrogen (secondary N) is 1. The van der Waals surface area contributed by atoms with Crippen molar-refractivity contribution in [2.75, 3.05) is 26.0 Å². The molecule has 1 N–H and O–H groups in total. The molecular formula is C15H23BrN2O. The summed E-state index contributed by atoms with van der Waals surface area (Å²) in [7, 11) is 4.32. The lowest BCUT2D eigenvalue weighted by atomic mass is 10.2. The summed E-state index contributed by atoms with van der Waals surface area (Å²) in [6.07, 6.45) is 3.63. The second-order valence-electron chi connectivity index (χ2n) is 4.97. The molecule has 106 valence electrons. The summed E-state index contributed by atoms with van der Waals surface area (Å²) in [4.78, 5) is 11.4. The number of para-hydroxylation sites is 2. The molecule has 0 saturated carbocycles. The minimum atomic E-state index is -0.169. The van der Waals surface area contributed by atoms with Crippen molar-refractivity contribution < 1.29 is 21.8 Å². The molecule has 1 amide bonds. The Balaban J connectivity index is 0.00000324. The third-order valence-electron chi connectivity index (χ3n) is 3.07. The molecule has 0 spiro atoms. The minimum absolute atomic E-state index is 0. The number of benzene rings is 1. The second-order valence-corrected chi connectivity index (χ2v) is 4.97. The minimum Gasteiger partial charge on any atom is -1.00 e. The molecule has 4 heteroatoms. The highest BCUT2D eigenvalue weighted by Crippen LogP contribution is 2.29. The van der Waals surface area contributed by atoms with E-state index in [0.717, 1.165) is 28.8 Å². The first-order valence-corrected chi connectivity index (χ1v) is 6.37. The van der Waals surface area contributed by atoms with Gasteiger partial charge < -0.3 is 22.3 Å². The van der Waals surface area contributed by atoms with E-state index in [1.54, 1.807) is 0 Å². The van der Waals surface area contributed by atoms with Crippen molar-refractivity contribution in [1.29, 1.82) is 0 Å². The Morgan fingerprint density at radius 1 is 1.37 bits per heavy atom. The van der Waals surface area contributed by atoms with E-state index in [1.807, 2.05) is 18.2 Å². The van der Waals surface area contributed by atoms with Gasteiger partial charge in [-0.2, -0.15) is 0 Å². The second kappa shape index (κ2) is 8.12. The molecular weight excluding hydrogens is 304 g/mol. The third-order valence-corrected chi connectivity index (χ3v) is 3.07. The number of carbonyl (C=O) groups is 1. The molecule has 1 rings (SSSR count). The number of carbonyl (C=O) groups excluding carboxylic acids is 1. The quantitative estimate of drug-likeness (QED) is 0.586. The molecule has 3 nitrogen and oxygen atoms in total. The molecule has 0 bridgehead atoms. The molecule has 0 aliphatic carbocycles. The predicted octanol–water partition coefficient (Wildman–Crippen LogP) is 0.182. The summed E-state index contributed by atoms with van der Waals surface area (Å²) in [6, 6.07) is 7.93. The van der Waals surface area contributed by atoms with E-state index in [9.17, 15) is 4.79 Å². The first kappa shape index (κ1) is 17.9. The van der Waals surface area contributed by atoms with Crippen LogP contribution in [0.2, 0.25) is 0 Å². The Labute approximate surface area is 126 Å². The number of amides is 1. The fourth-order valence-electron chi connectivity index (χ4n) is 1.96. The fourth-order valence-corrected chi connectivity index (χ4v) is 1.96. The molecule has 0 radical (unpaired) electrons. The zero-order chi connectivity index (χ0) is 13.6. The summed E-state index contributed by atoms with van der Waals surface area (Å²) >= 11 is 0. The highest BCUT2D eigenvalue weighted by molar-refractivity contribution is 6.00. The third kappa shape index (κ3) is 5.17. The first-order valence-electron chi connectivity index (χ1n) is 6.37. The van der Waals surface area contributed by atoms with Crippen LogP contribution in [-0.4, -0.2) is 26.5 Å². The SMILES string of the molecule is C=CC(=O)Nc1ccccc1[N+](C)(C)CCCC.[Br-]. The van der Waals surface area contributed by atoms with Crippen LogP contribution in [0.25, 0.3) is 0 Å². The van der Waals surface area contributed by atoms with Crippen LogP contribution in [0.15, 0.2) is 36.9 Å². The number of halogens is 1. The Kier molecular flexibility index (Phi) is 7.64. The van der Waals surface area contributed by atoms with Crippen molar-refractivity contribution in [3.05, 3.63) is 36.9 Å². The van der Waals surface area contributed by atoms with Crippen molar-refractivity contribution >= 4 is 17.3 Å².